The quantitative estimate of drug-likeness (QED) is 0.356. The number of rotatable bonds is 10. The highest BCUT2D eigenvalue weighted by atomic mass is 28.2. The molecule has 0 aromatic rings. The van der Waals surface area contributed by atoms with Crippen LogP contribution in [0, 0.1) is 5.92 Å². The van der Waals surface area contributed by atoms with Gasteiger partial charge in [-0.25, -0.2) is 0 Å². The van der Waals surface area contributed by atoms with Gasteiger partial charge in [0.05, 0.1) is 0 Å². The second-order valence-electron chi connectivity index (χ2n) is 4.72. The highest BCUT2D eigenvalue weighted by molar-refractivity contribution is 6.35. The standard InChI is InChI=1S/C13H28Si/c1-4-5-6-7-8-9-10-11-14-12-13(2)3/h13H,4-12H2,1-3H3. The molecule has 0 spiro atoms. The van der Waals surface area contributed by atoms with Crippen molar-refractivity contribution in [2.45, 2.75) is 77.8 Å². The molecule has 0 bridgehead atoms. The molecule has 0 nitrogen and oxygen atoms in total. The van der Waals surface area contributed by atoms with Gasteiger partial charge in [0.25, 0.3) is 0 Å². The van der Waals surface area contributed by atoms with Crippen LogP contribution in [0.4, 0.5) is 0 Å². The normalized spacial score (nSPS) is 11.1. The van der Waals surface area contributed by atoms with E-state index in [1.807, 2.05) is 0 Å². The highest BCUT2D eigenvalue weighted by Crippen LogP contribution is 2.09. The molecule has 84 valence electrons. The lowest BCUT2D eigenvalue weighted by Crippen LogP contribution is -1.95. The van der Waals surface area contributed by atoms with Crippen molar-refractivity contribution >= 4 is 9.52 Å². The van der Waals surface area contributed by atoms with Crippen LogP contribution in [0.15, 0.2) is 0 Å². The van der Waals surface area contributed by atoms with E-state index in [9.17, 15) is 0 Å². The minimum atomic E-state index is 0.915. The third-order valence-corrected chi connectivity index (χ3v) is 4.32. The summed E-state index contributed by atoms with van der Waals surface area (Å²) < 4.78 is 0. The van der Waals surface area contributed by atoms with Gasteiger partial charge in [-0.3, -0.25) is 0 Å². The molecular weight excluding hydrogens is 184 g/mol. The van der Waals surface area contributed by atoms with E-state index in [1.165, 1.54) is 66.6 Å². The zero-order valence-electron chi connectivity index (χ0n) is 10.4. The fraction of sp³-hybridized carbons (Fsp3) is 1.00. The number of hydrogen-bond donors (Lipinski definition) is 0. The topological polar surface area (TPSA) is 0 Å². The molecule has 0 aliphatic rings. The fourth-order valence-corrected chi connectivity index (χ4v) is 2.88. The van der Waals surface area contributed by atoms with Gasteiger partial charge in [-0.15, -0.1) is 0 Å². The van der Waals surface area contributed by atoms with Gasteiger partial charge in [-0.05, 0) is 5.92 Å². The minimum absolute atomic E-state index is 0.915. The van der Waals surface area contributed by atoms with Crippen molar-refractivity contribution in [3.63, 3.8) is 0 Å². The smallest absolute Gasteiger partial charge is 0.0380 e. The lowest BCUT2D eigenvalue weighted by atomic mass is 10.1. The SMILES string of the molecule is CCCCCCCCC[Si]CC(C)C. The van der Waals surface area contributed by atoms with Crippen LogP contribution in [0.2, 0.25) is 12.1 Å². The van der Waals surface area contributed by atoms with Crippen molar-refractivity contribution in [2.75, 3.05) is 0 Å². The van der Waals surface area contributed by atoms with Gasteiger partial charge < -0.3 is 0 Å². The van der Waals surface area contributed by atoms with Crippen LogP contribution in [0.5, 0.6) is 0 Å². The van der Waals surface area contributed by atoms with Crippen molar-refractivity contribution in [1.82, 2.24) is 0 Å². The summed E-state index contributed by atoms with van der Waals surface area (Å²) >= 11 is 0. The predicted octanol–water partition coefficient (Wildman–Crippen LogP) is 4.93. The first-order chi connectivity index (χ1) is 6.77. The largest absolute Gasteiger partial charge is 0.0654 e. The summed E-state index contributed by atoms with van der Waals surface area (Å²) in [6.45, 7) is 6.95. The summed E-state index contributed by atoms with van der Waals surface area (Å²) in [6, 6.07) is 2.95. The van der Waals surface area contributed by atoms with E-state index >= 15 is 0 Å². The van der Waals surface area contributed by atoms with E-state index in [0.717, 1.165) is 5.92 Å². The zero-order chi connectivity index (χ0) is 10.6. The summed E-state index contributed by atoms with van der Waals surface area (Å²) in [4.78, 5) is 0. The van der Waals surface area contributed by atoms with Gasteiger partial charge in [0, 0.05) is 9.52 Å². The van der Waals surface area contributed by atoms with Gasteiger partial charge in [0.15, 0.2) is 0 Å². The summed E-state index contributed by atoms with van der Waals surface area (Å²) in [6.07, 6.45) is 10.2. The van der Waals surface area contributed by atoms with E-state index in [-0.39, 0.29) is 0 Å². The lowest BCUT2D eigenvalue weighted by Gasteiger charge is -2.03. The van der Waals surface area contributed by atoms with Crippen LogP contribution in [-0.2, 0) is 0 Å². The molecule has 0 rings (SSSR count). The molecule has 0 heterocycles. The summed E-state index contributed by atoms with van der Waals surface area (Å²) in [5.74, 6) is 0.915. The monoisotopic (exact) mass is 212 g/mol. The van der Waals surface area contributed by atoms with E-state index in [2.05, 4.69) is 20.8 Å². The van der Waals surface area contributed by atoms with Crippen LogP contribution in [0.25, 0.3) is 0 Å². The third kappa shape index (κ3) is 12.2. The average Bonchev–Trinajstić information content (AvgIpc) is 2.15. The Morgan fingerprint density at radius 1 is 0.857 bits per heavy atom. The second-order valence-corrected chi connectivity index (χ2v) is 6.13. The van der Waals surface area contributed by atoms with Gasteiger partial charge in [-0.2, -0.15) is 0 Å². The molecule has 0 unspecified atom stereocenters. The van der Waals surface area contributed by atoms with Gasteiger partial charge in [0.2, 0.25) is 0 Å². The Labute approximate surface area is 93.7 Å². The molecule has 0 fully saturated rings. The second kappa shape index (κ2) is 11.3. The summed E-state index contributed by atoms with van der Waals surface area (Å²) in [5.41, 5.74) is 0. The van der Waals surface area contributed by atoms with Crippen molar-refractivity contribution in [3.8, 4) is 0 Å². The Morgan fingerprint density at radius 3 is 2.00 bits per heavy atom. The molecule has 0 aromatic heterocycles. The van der Waals surface area contributed by atoms with Gasteiger partial charge in [-0.1, -0.05) is 77.8 Å². The molecule has 0 atom stereocenters. The third-order valence-electron chi connectivity index (χ3n) is 2.51. The first-order valence-electron chi connectivity index (χ1n) is 6.48. The van der Waals surface area contributed by atoms with E-state index in [1.54, 1.807) is 0 Å². The van der Waals surface area contributed by atoms with Gasteiger partial charge >= 0.3 is 0 Å². The maximum Gasteiger partial charge on any atom is 0.0380 e. The van der Waals surface area contributed by atoms with Crippen molar-refractivity contribution < 1.29 is 0 Å². The van der Waals surface area contributed by atoms with Crippen molar-refractivity contribution in [2.24, 2.45) is 5.92 Å². The molecule has 0 aliphatic heterocycles. The van der Waals surface area contributed by atoms with Crippen LogP contribution < -0.4 is 0 Å². The zero-order valence-corrected chi connectivity index (χ0v) is 11.4. The molecule has 0 aromatic carbocycles. The van der Waals surface area contributed by atoms with Crippen LogP contribution in [0.3, 0.4) is 0 Å². The summed E-state index contributed by atoms with van der Waals surface area (Å²) in [5, 5.41) is 0. The first kappa shape index (κ1) is 14.2. The molecule has 0 N–H and O–H groups in total. The fourth-order valence-electron chi connectivity index (χ4n) is 1.60. The van der Waals surface area contributed by atoms with Crippen LogP contribution in [0.1, 0.15) is 65.7 Å². The molecule has 14 heavy (non-hydrogen) atoms. The Balaban J connectivity index is 2.85. The molecule has 2 radical (unpaired) electrons. The first-order valence-corrected chi connectivity index (χ1v) is 7.89. The average molecular weight is 212 g/mol. The van der Waals surface area contributed by atoms with Crippen LogP contribution >= 0.6 is 0 Å². The molecule has 0 aliphatic carbocycles. The highest BCUT2D eigenvalue weighted by Gasteiger charge is 1.95. The van der Waals surface area contributed by atoms with Crippen LogP contribution in [-0.4, -0.2) is 9.52 Å². The lowest BCUT2D eigenvalue weighted by molar-refractivity contribution is 0.601. The van der Waals surface area contributed by atoms with Gasteiger partial charge in [0.1, 0.15) is 0 Å². The predicted molar refractivity (Wildman–Crippen MR) is 68.2 cm³/mol. The molecule has 0 saturated heterocycles. The molecular formula is C13H28Si. The van der Waals surface area contributed by atoms with Crippen molar-refractivity contribution in [1.29, 1.82) is 0 Å². The van der Waals surface area contributed by atoms with E-state index in [4.69, 9.17) is 0 Å². The van der Waals surface area contributed by atoms with E-state index in [0.29, 0.717) is 0 Å². The van der Waals surface area contributed by atoms with Crippen molar-refractivity contribution in [3.05, 3.63) is 0 Å². The maximum absolute atomic E-state index is 2.33. The summed E-state index contributed by atoms with van der Waals surface area (Å²) in [7, 11) is 1.22. The molecule has 1 heteroatoms. The Morgan fingerprint density at radius 2 is 1.43 bits per heavy atom. The Bertz CT molecular complexity index is 99.4. The molecule has 0 saturated carbocycles. The minimum Gasteiger partial charge on any atom is -0.0654 e. The maximum atomic E-state index is 2.33. The van der Waals surface area contributed by atoms with E-state index < -0.39 is 0 Å². The number of unbranched alkanes of at least 4 members (excludes halogenated alkanes) is 6. The number of hydrogen-bond acceptors (Lipinski definition) is 0. The Hall–Kier alpha value is 0.217. The molecule has 0 amide bonds. The Kier molecular flexibility index (Phi) is 11.5.